The minimum atomic E-state index is -0.871. The first-order chi connectivity index (χ1) is 9.08. The van der Waals surface area contributed by atoms with Crippen molar-refractivity contribution < 1.29 is 19.4 Å². The van der Waals surface area contributed by atoms with Crippen molar-refractivity contribution in [3.63, 3.8) is 0 Å². The van der Waals surface area contributed by atoms with Crippen molar-refractivity contribution in [2.24, 2.45) is 0 Å². The maximum atomic E-state index is 10.9. The third-order valence-corrected chi connectivity index (χ3v) is 3.90. The summed E-state index contributed by atoms with van der Waals surface area (Å²) in [6.45, 7) is 4.88. The topological polar surface area (TPSA) is 59.0 Å². The van der Waals surface area contributed by atoms with Crippen LogP contribution >= 0.6 is 11.3 Å². The molecule has 1 heterocycles. The molecule has 1 aromatic rings. The van der Waals surface area contributed by atoms with E-state index in [0.29, 0.717) is 24.6 Å². The Hall–Kier alpha value is -0.950. The Bertz CT molecular complexity index is 394. The maximum absolute atomic E-state index is 10.9. The van der Waals surface area contributed by atoms with Gasteiger partial charge in [0.15, 0.2) is 0 Å². The Morgan fingerprint density at radius 1 is 1.42 bits per heavy atom. The molecular formula is C13H21NO4S. The van der Waals surface area contributed by atoms with Crippen molar-refractivity contribution in [2.75, 3.05) is 34.0 Å². The zero-order chi connectivity index (χ0) is 14.3. The van der Waals surface area contributed by atoms with Crippen molar-refractivity contribution in [1.82, 2.24) is 4.90 Å². The monoisotopic (exact) mass is 287 g/mol. The van der Waals surface area contributed by atoms with E-state index in [4.69, 9.17) is 14.6 Å². The number of methoxy groups -OCH3 is 2. The van der Waals surface area contributed by atoms with E-state index in [-0.39, 0.29) is 6.04 Å². The van der Waals surface area contributed by atoms with Crippen molar-refractivity contribution in [3.8, 4) is 0 Å². The first kappa shape index (κ1) is 16.1. The van der Waals surface area contributed by atoms with Crippen molar-refractivity contribution >= 4 is 17.3 Å². The Labute approximate surface area is 117 Å². The van der Waals surface area contributed by atoms with E-state index in [0.717, 1.165) is 11.4 Å². The van der Waals surface area contributed by atoms with Crippen LogP contribution in [-0.2, 0) is 16.0 Å². The molecule has 0 aliphatic heterocycles. The number of carboxylic acid groups (broad SMARTS) is 1. The zero-order valence-corrected chi connectivity index (χ0v) is 12.4. The first-order valence-electron chi connectivity index (χ1n) is 6.12. The summed E-state index contributed by atoms with van der Waals surface area (Å²) in [5.41, 5.74) is 0. The van der Waals surface area contributed by atoms with Crippen LogP contribution < -0.4 is 0 Å². The van der Waals surface area contributed by atoms with E-state index in [2.05, 4.69) is 11.8 Å². The average molecular weight is 287 g/mol. The molecule has 1 unspecified atom stereocenters. The lowest BCUT2D eigenvalue weighted by molar-refractivity contribution is 0.0701. The Kier molecular flexibility index (Phi) is 7.01. The predicted octanol–water partition coefficient (Wildman–Crippen LogP) is 1.93. The molecule has 0 aliphatic rings. The second-order valence-electron chi connectivity index (χ2n) is 4.34. The van der Waals surface area contributed by atoms with Gasteiger partial charge >= 0.3 is 5.97 Å². The van der Waals surface area contributed by atoms with E-state index in [9.17, 15) is 4.79 Å². The van der Waals surface area contributed by atoms with E-state index in [1.165, 1.54) is 11.3 Å². The molecule has 1 rings (SSSR count). The van der Waals surface area contributed by atoms with Crippen LogP contribution in [0.25, 0.3) is 0 Å². The highest BCUT2D eigenvalue weighted by Crippen LogP contribution is 2.19. The smallest absolute Gasteiger partial charge is 0.345 e. The number of aromatic carboxylic acids is 1. The molecule has 1 aromatic heterocycles. The van der Waals surface area contributed by atoms with Gasteiger partial charge in [-0.25, -0.2) is 4.79 Å². The van der Waals surface area contributed by atoms with Crippen molar-refractivity contribution in [3.05, 3.63) is 21.9 Å². The lowest BCUT2D eigenvalue weighted by Crippen LogP contribution is -2.37. The van der Waals surface area contributed by atoms with Gasteiger partial charge in [-0.3, -0.25) is 4.90 Å². The van der Waals surface area contributed by atoms with Crippen molar-refractivity contribution in [2.45, 2.75) is 19.5 Å². The second kappa shape index (κ2) is 8.27. The van der Waals surface area contributed by atoms with Gasteiger partial charge in [0.05, 0.1) is 13.2 Å². The quantitative estimate of drug-likeness (QED) is 0.752. The number of hydrogen-bond donors (Lipinski definition) is 1. The number of carbonyl (C=O) groups is 1. The number of thiophene rings is 1. The van der Waals surface area contributed by atoms with Gasteiger partial charge in [0.1, 0.15) is 4.88 Å². The summed E-state index contributed by atoms with van der Waals surface area (Å²) < 4.78 is 10.3. The van der Waals surface area contributed by atoms with Crippen LogP contribution in [0.4, 0.5) is 0 Å². The first-order valence-corrected chi connectivity index (χ1v) is 6.94. The molecule has 108 valence electrons. The molecule has 6 heteroatoms. The number of ether oxygens (including phenoxy) is 2. The minimum absolute atomic E-state index is 0.260. The fourth-order valence-corrected chi connectivity index (χ4v) is 2.66. The standard InChI is InChI=1S/C13H21NO4S/c1-10(9-18-3)14(6-7-17-2)8-11-4-5-12(19-11)13(15)16/h4-5,10H,6-9H2,1-3H3,(H,15,16). The second-order valence-corrected chi connectivity index (χ2v) is 5.51. The summed E-state index contributed by atoms with van der Waals surface area (Å²) in [6, 6.07) is 3.78. The third-order valence-electron chi connectivity index (χ3n) is 2.85. The van der Waals surface area contributed by atoms with Crippen LogP contribution in [0, 0.1) is 0 Å². The molecule has 0 spiro atoms. The van der Waals surface area contributed by atoms with E-state index in [1.807, 2.05) is 6.07 Å². The molecular weight excluding hydrogens is 266 g/mol. The minimum Gasteiger partial charge on any atom is -0.477 e. The summed E-state index contributed by atoms with van der Waals surface area (Å²) in [7, 11) is 3.35. The highest BCUT2D eigenvalue weighted by molar-refractivity contribution is 7.13. The summed E-state index contributed by atoms with van der Waals surface area (Å²) in [4.78, 5) is 14.5. The third kappa shape index (κ3) is 5.28. The SMILES string of the molecule is COCCN(Cc1ccc(C(=O)O)s1)C(C)COC. The average Bonchev–Trinajstić information content (AvgIpc) is 2.83. The molecule has 1 N–H and O–H groups in total. The van der Waals surface area contributed by atoms with Crippen molar-refractivity contribution in [1.29, 1.82) is 0 Å². The molecule has 0 saturated carbocycles. The summed E-state index contributed by atoms with van der Waals surface area (Å²) in [5, 5.41) is 8.92. The molecule has 0 bridgehead atoms. The molecule has 5 nitrogen and oxygen atoms in total. The molecule has 0 aliphatic carbocycles. The lowest BCUT2D eigenvalue weighted by Gasteiger charge is -2.27. The fraction of sp³-hybridized carbons (Fsp3) is 0.615. The summed E-state index contributed by atoms with van der Waals surface area (Å²) in [5.74, 6) is -0.871. The van der Waals surface area contributed by atoms with Gasteiger partial charge in [-0.15, -0.1) is 11.3 Å². The van der Waals surface area contributed by atoms with Crippen LogP contribution in [0.5, 0.6) is 0 Å². The number of carboxylic acids is 1. The van der Waals surface area contributed by atoms with E-state index in [1.54, 1.807) is 20.3 Å². The van der Waals surface area contributed by atoms with Crippen LogP contribution in [-0.4, -0.2) is 56.0 Å². The van der Waals surface area contributed by atoms with Gasteiger partial charge in [0.25, 0.3) is 0 Å². The van der Waals surface area contributed by atoms with Crippen LogP contribution in [0.3, 0.4) is 0 Å². The summed E-state index contributed by atoms with van der Waals surface area (Å²) >= 11 is 1.32. The number of rotatable bonds is 9. The van der Waals surface area contributed by atoms with Gasteiger partial charge in [0.2, 0.25) is 0 Å². The molecule has 0 saturated heterocycles. The Morgan fingerprint density at radius 3 is 2.68 bits per heavy atom. The largest absolute Gasteiger partial charge is 0.477 e. The molecule has 19 heavy (non-hydrogen) atoms. The van der Waals surface area contributed by atoms with E-state index >= 15 is 0 Å². The zero-order valence-electron chi connectivity index (χ0n) is 11.6. The molecule has 1 atom stereocenters. The molecule has 0 fully saturated rings. The maximum Gasteiger partial charge on any atom is 0.345 e. The predicted molar refractivity (Wildman–Crippen MR) is 74.9 cm³/mol. The lowest BCUT2D eigenvalue weighted by atomic mass is 10.2. The fourth-order valence-electron chi connectivity index (χ4n) is 1.79. The van der Waals surface area contributed by atoms with Crippen LogP contribution in [0.1, 0.15) is 21.5 Å². The van der Waals surface area contributed by atoms with Gasteiger partial charge < -0.3 is 14.6 Å². The van der Waals surface area contributed by atoms with Gasteiger partial charge in [-0.05, 0) is 19.1 Å². The van der Waals surface area contributed by atoms with E-state index < -0.39 is 5.97 Å². The highest BCUT2D eigenvalue weighted by atomic mass is 32.1. The van der Waals surface area contributed by atoms with Gasteiger partial charge in [-0.2, -0.15) is 0 Å². The highest BCUT2D eigenvalue weighted by Gasteiger charge is 2.16. The Balaban J connectivity index is 2.66. The molecule has 0 radical (unpaired) electrons. The number of hydrogen-bond acceptors (Lipinski definition) is 5. The number of nitrogens with zero attached hydrogens (tertiary/aromatic N) is 1. The molecule has 0 amide bonds. The van der Waals surface area contributed by atoms with Crippen LogP contribution in [0.2, 0.25) is 0 Å². The van der Waals surface area contributed by atoms with Gasteiger partial charge in [0, 0.05) is 38.2 Å². The summed E-state index contributed by atoms with van der Waals surface area (Å²) in [6.07, 6.45) is 0. The van der Waals surface area contributed by atoms with Gasteiger partial charge in [-0.1, -0.05) is 0 Å². The molecule has 0 aromatic carbocycles. The normalized spacial score (nSPS) is 12.8. The van der Waals surface area contributed by atoms with Crippen LogP contribution in [0.15, 0.2) is 12.1 Å². The Morgan fingerprint density at radius 2 is 2.16 bits per heavy atom.